The van der Waals surface area contributed by atoms with E-state index < -0.39 is 17.4 Å². The Hall–Kier alpha value is -4.70. The zero-order valence-corrected chi connectivity index (χ0v) is 36.9. The SMILES string of the molecule is Cl.Cl.[CH3][Zr]([CH3])(=[SiH2])([CH]1C(c2ccccc2)=Cc2c(-c3cnc4ccccc4c3)cccc21)[CH]1C(c2ccccc2)=Cc2c(-c3cnc4ccccc4c3)cccc21. The Morgan fingerprint density at radius 3 is 1.27 bits per heavy atom. The molecule has 0 fully saturated rings. The predicted octanol–water partition coefficient (Wildman–Crippen LogP) is 13.2. The summed E-state index contributed by atoms with van der Waals surface area (Å²) in [7, 11) is 0. The van der Waals surface area contributed by atoms with Crippen LogP contribution >= 0.6 is 24.8 Å². The minimum atomic E-state index is -4.11. The van der Waals surface area contributed by atoms with Crippen molar-refractivity contribution >= 4 is 76.8 Å². The van der Waals surface area contributed by atoms with Crippen LogP contribution < -0.4 is 0 Å². The van der Waals surface area contributed by atoms with Gasteiger partial charge in [0.15, 0.2) is 0 Å². The Balaban J connectivity index is 0.00000220. The zero-order chi connectivity index (χ0) is 36.5. The molecule has 0 saturated heterocycles. The number of para-hydroxylation sites is 2. The molecule has 0 bridgehead atoms. The fraction of sp³-hybridized carbons (Fsp3) is 0.0800. The van der Waals surface area contributed by atoms with E-state index in [1.807, 2.05) is 0 Å². The van der Waals surface area contributed by atoms with E-state index in [2.05, 4.69) is 198 Å². The third-order valence-corrected chi connectivity index (χ3v) is 29.2. The van der Waals surface area contributed by atoms with Crippen molar-refractivity contribution < 1.29 is 17.4 Å². The molecule has 2 unspecified atom stereocenters. The van der Waals surface area contributed by atoms with Crippen LogP contribution in [0.15, 0.2) is 170 Å². The number of hydrogen-bond acceptors (Lipinski definition) is 2. The summed E-state index contributed by atoms with van der Waals surface area (Å²) in [5, 5.41) is 2.33. The number of pyridine rings is 2. The van der Waals surface area contributed by atoms with Crippen LogP contribution in [0, 0.1) is 0 Å². The van der Waals surface area contributed by atoms with E-state index in [0.717, 1.165) is 11.0 Å². The first-order valence-corrected chi connectivity index (χ1v) is 32.6. The van der Waals surface area contributed by atoms with Crippen molar-refractivity contribution in [1.29, 1.82) is 0 Å². The third kappa shape index (κ3) is 6.28. The molecule has 6 heteroatoms. The first kappa shape index (κ1) is 38.2. The number of rotatable bonds is 6. The number of halogens is 2. The maximum atomic E-state index is 4.90. The van der Waals surface area contributed by atoms with Gasteiger partial charge in [-0.2, -0.15) is 0 Å². The molecule has 0 N–H and O–H groups in total. The molecular weight excluding hydrogens is 819 g/mol. The van der Waals surface area contributed by atoms with Crippen molar-refractivity contribution in [2.75, 3.05) is 0 Å². The average Bonchev–Trinajstić information content (AvgIpc) is 3.83. The second-order valence-electron chi connectivity index (χ2n) is 16.2. The van der Waals surface area contributed by atoms with E-state index in [9.17, 15) is 0 Å². The van der Waals surface area contributed by atoms with E-state index in [-0.39, 0.29) is 24.8 Å². The van der Waals surface area contributed by atoms with Gasteiger partial charge in [0.2, 0.25) is 0 Å². The zero-order valence-electron chi connectivity index (χ0n) is 31.4. The molecular formula is C50H42Cl2N2SiZr. The monoisotopic (exact) mass is 858 g/mol. The molecule has 2 aliphatic rings. The van der Waals surface area contributed by atoms with Crippen molar-refractivity contribution in [2.24, 2.45) is 0 Å². The van der Waals surface area contributed by atoms with Gasteiger partial charge in [0.05, 0.1) is 0 Å². The van der Waals surface area contributed by atoms with Crippen molar-refractivity contribution in [3.63, 3.8) is 0 Å². The van der Waals surface area contributed by atoms with Gasteiger partial charge in [0.1, 0.15) is 0 Å². The summed E-state index contributed by atoms with van der Waals surface area (Å²) < 4.78 is 6.07. The number of aromatic nitrogens is 2. The van der Waals surface area contributed by atoms with Crippen LogP contribution in [0.2, 0.25) is 9.26 Å². The summed E-state index contributed by atoms with van der Waals surface area (Å²) >= 11 is -4.11. The molecule has 0 saturated carbocycles. The van der Waals surface area contributed by atoms with Crippen LogP contribution in [0.3, 0.4) is 0 Å². The Morgan fingerprint density at radius 1 is 0.446 bits per heavy atom. The topological polar surface area (TPSA) is 25.8 Å². The normalized spacial score (nSPS) is 16.0. The summed E-state index contributed by atoms with van der Waals surface area (Å²) in [6, 6.07) is 57.8. The van der Waals surface area contributed by atoms with Crippen molar-refractivity contribution in [1.82, 2.24) is 9.97 Å². The molecule has 2 nitrogen and oxygen atoms in total. The predicted molar refractivity (Wildman–Crippen MR) is 243 cm³/mol. The van der Waals surface area contributed by atoms with Gasteiger partial charge in [-0.1, -0.05) is 0 Å². The van der Waals surface area contributed by atoms with E-state index in [0.29, 0.717) is 7.25 Å². The Morgan fingerprint density at radius 2 is 0.839 bits per heavy atom. The molecule has 2 aromatic heterocycles. The summed E-state index contributed by atoms with van der Waals surface area (Å²) in [4.78, 5) is 9.81. The van der Waals surface area contributed by atoms with Gasteiger partial charge in [-0.15, -0.1) is 24.8 Å². The second-order valence-corrected chi connectivity index (χ2v) is 46.7. The summed E-state index contributed by atoms with van der Waals surface area (Å²) in [6.45, 7) is 2.41. The summed E-state index contributed by atoms with van der Waals surface area (Å²) in [5.41, 5.74) is 18.0. The van der Waals surface area contributed by atoms with Gasteiger partial charge in [-0.3, -0.25) is 0 Å². The van der Waals surface area contributed by atoms with Gasteiger partial charge >= 0.3 is 322 Å². The molecule has 2 atom stereocenters. The number of nitrogens with zero attached hydrogens (tertiary/aromatic N) is 2. The van der Waals surface area contributed by atoms with E-state index >= 15 is 0 Å². The van der Waals surface area contributed by atoms with E-state index in [1.54, 1.807) is 0 Å². The van der Waals surface area contributed by atoms with Crippen LogP contribution in [0.25, 0.3) is 67.4 Å². The Bertz CT molecular complexity index is 2740. The van der Waals surface area contributed by atoms with E-state index in [4.69, 9.17) is 9.97 Å². The number of fused-ring (bicyclic) bond motifs is 4. The molecule has 56 heavy (non-hydrogen) atoms. The molecule has 274 valence electrons. The molecule has 6 aromatic carbocycles. The third-order valence-electron chi connectivity index (χ3n) is 12.0. The summed E-state index contributed by atoms with van der Waals surface area (Å²) in [5.74, 6) is 0. The van der Waals surface area contributed by atoms with Gasteiger partial charge in [-0.25, -0.2) is 0 Å². The molecule has 0 amide bonds. The molecule has 2 heterocycles. The van der Waals surface area contributed by atoms with Crippen molar-refractivity contribution in [3.8, 4) is 22.3 Å². The quantitative estimate of drug-likeness (QED) is 0.156. The van der Waals surface area contributed by atoms with Crippen LogP contribution in [0.5, 0.6) is 0 Å². The second kappa shape index (κ2) is 14.7. The van der Waals surface area contributed by atoms with Gasteiger partial charge in [-0.05, 0) is 0 Å². The maximum absolute atomic E-state index is 4.90. The van der Waals surface area contributed by atoms with Gasteiger partial charge in [0, 0.05) is 0 Å². The van der Waals surface area contributed by atoms with Crippen LogP contribution in [-0.2, 0) is 17.4 Å². The molecule has 0 aliphatic heterocycles. The Labute approximate surface area is 343 Å². The van der Waals surface area contributed by atoms with Gasteiger partial charge in [0.25, 0.3) is 0 Å². The fourth-order valence-corrected chi connectivity index (χ4v) is 28.2. The fourth-order valence-electron chi connectivity index (χ4n) is 9.72. The molecule has 0 radical (unpaired) electrons. The van der Waals surface area contributed by atoms with Crippen molar-refractivity contribution in [3.05, 3.63) is 203 Å². The Kier molecular flexibility index (Phi) is 10.0. The van der Waals surface area contributed by atoms with Crippen LogP contribution in [-0.4, -0.2) is 16.8 Å². The van der Waals surface area contributed by atoms with Crippen molar-refractivity contribution in [2.45, 2.75) is 16.5 Å². The molecule has 0 spiro atoms. The first-order valence-electron chi connectivity index (χ1n) is 18.9. The standard InChI is InChI=1S/2C24H16N.2CH3.2ClH.H2Si.Zr/c2*1-2-7-17(8-3-1)20-13-18-10-6-11-22(23(18)15-20)21-14-19-9-4-5-12-24(19)25-16-21;;;;;;/h2*1-16H;2*1H3;2*1H;1H2;. The van der Waals surface area contributed by atoms with Crippen LogP contribution in [0.4, 0.5) is 0 Å². The average molecular weight is 861 g/mol. The minimum absolute atomic E-state index is 0. The van der Waals surface area contributed by atoms with Gasteiger partial charge < -0.3 is 0 Å². The number of allylic oxidation sites excluding steroid dienone is 2. The summed E-state index contributed by atoms with van der Waals surface area (Å²) in [6.07, 6.45) is 9.19. The molecule has 8 aromatic rings. The molecule has 2 aliphatic carbocycles. The van der Waals surface area contributed by atoms with Crippen LogP contribution in [0.1, 0.15) is 40.6 Å². The number of hydrogen-bond donors (Lipinski definition) is 0. The molecule has 10 rings (SSSR count). The first-order chi connectivity index (χ1) is 26.3. The number of benzene rings is 6. The van der Waals surface area contributed by atoms with E-state index in [1.165, 1.54) is 77.6 Å².